The van der Waals surface area contributed by atoms with Crippen LogP contribution in [0.2, 0.25) is 0 Å². The minimum Gasteiger partial charge on any atom is -0.497 e. The zero-order valence-electron chi connectivity index (χ0n) is 25.1. The molecule has 0 spiro atoms. The molecule has 0 saturated heterocycles. The molecule has 2 N–H and O–H groups in total. The molecule has 21 heteroatoms. The third-order valence-electron chi connectivity index (χ3n) is 6.63. The fourth-order valence-corrected chi connectivity index (χ4v) is 3.90. The van der Waals surface area contributed by atoms with Crippen LogP contribution in [-0.2, 0) is 16.0 Å². The number of benzene rings is 2. The number of carbonyl (C=O) groups excluding carboxylic acids is 1. The first-order valence-corrected chi connectivity index (χ1v) is 13.6. The van der Waals surface area contributed by atoms with Crippen LogP contribution in [0.15, 0.2) is 48.5 Å². The van der Waals surface area contributed by atoms with Gasteiger partial charge in [0, 0.05) is 18.7 Å². The summed E-state index contributed by atoms with van der Waals surface area (Å²) in [4.78, 5) is 23.7. The lowest BCUT2D eigenvalue weighted by molar-refractivity contribution is -0.439. The van der Waals surface area contributed by atoms with E-state index >= 15 is 0 Å². The SMILES string of the molecule is CCOC(Cc1ccc(OCCN(CC(F)(F)C(F)(F)C(F)(F)C(F)(F)C(F)(F)C(F)(F)F)C(=O)Nc2ccc(OC)cc2)cc1)C(=O)O. The Morgan fingerprint density at radius 2 is 1.29 bits per heavy atom. The van der Waals surface area contributed by atoms with Crippen LogP contribution in [0, 0.1) is 0 Å². The summed E-state index contributed by atoms with van der Waals surface area (Å²) < 4.78 is 193. The first-order chi connectivity index (χ1) is 22.4. The number of rotatable bonds is 17. The highest BCUT2D eigenvalue weighted by Gasteiger charge is 2.90. The maximum Gasteiger partial charge on any atom is 0.460 e. The zero-order chi connectivity index (χ0) is 37.6. The minimum absolute atomic E-state index is 0.0752. The third-order valence-corrected chi connectivity index (χ3v) is 6.63. The second kappa shape index (κ2) is 15.2. The molecule has 0 aliphatic carbocycles. The summed E-state index contributed by atoms with van der Waals surface area (Å²) in [5, 5.41) is 11.1. The molecule has 0 aliphatic heterocycles. The van der Waals surface area contributed by atoms with E-state index in [9.17, 15) is 71.8 Å². The van der Waals surface area contributed by atoms with Crippen molar-refractivity contribution < 1.29 is 86.0 Å². The number of alkyl halides is 13. The van der Waals surface area contributed by atoms with Gasteiger partial charge < -0.3 is 29.5 Å². The third kappa shape index (κ3) is 8.90. The van der Waals surface area contributed by atoms with Crippen molar-refractivity contribution in [2.24, 2.45) is 0 Å². The standard InChI is InChI=1S/C28H27F13N2O6/c1-3-48-20(21(44)45)14-16-4-8-19(9-5-16)49-13-12-43(22(46)42-17-6-10-18(47-2)11-7-17)15-23(29,30)24(31,32)25(33,34)26(35,36)27(37,38)28(39,40)41/h4-11,20H,3,12-15H2,1-2H3,(H,42,46)(H,44,45). The quantitative estimate of drug-likeness (QED) is 0.165. The number of amides is 2. The topological polar surface area (TPSA) is 97.3 Å². The number of carbonyl (C=O) groups is 2. The highest BCUT2D eigenvalue weighted by Crippen LogP contribution is 2.60. The van der Waals surface area contributed by atoms with Crippen LogP contribution in [0.1, 0.15) is 12.5 Å². The summed E-state index contributed by atoms with van der Waals surface area (Å²) in [7, 11) is 1.24. The number of ether oxygens (including phenoxy) is 3. The summed E-state index contributed by atoms with van der Waals surface area (Å²) >= 11 is 0. The van der Waals surface area contributed by atoms with Gasteiger partial charge in [-0.15, -0.1) is 0 Å². The zero-order valence-corrected chi connectivity index (χ0v) is 25.1. The van der Waals surface area contributed by atoms with Gasteiger partial charge >= 0.3 is 47.8 Å². The van der Waals surface area contributed by atoms with E-state index in [1.807, 2.05) is 5.32 Å². The molecular formula is C28H27F13N2O6. The molecule has 2 amide bonds. The number of halogens is 13. The molecule has 1 atom stereocenters. The summed E-state index contributed by atoms with van der Waals surface area (Å²) in [6.07, 6.45) is -8.89. The molecule has 1 unspecified atom stereocenters. The first-order valence-electron chi connectivity index (χ1n) is 13.6. The summed E-state index contributed by atoms with van der Waals surface area (Å²) in [5.41, 5.74) is 0.167. The number of carboxylic acid groups (broad SMARTS) is 1. The molecule has 8 nitrogen and oxygen atoms in total. The smallest absolute Gasteiger partial charge is 0.460 e. The fraction of sp³-hybridized carbons (Fsp3) is 0.500. The molecule has 2 rings (SSSR count). The summed E-state index contributed by atoms with van der Waals surface area (Å²) in [5.74, 6) is -39.4. The van der Waals surface area contributed by atoms with Crippen molar-refractivity contribution in [1.29, 1.82) is 0 Å². The molecule has 0 saturated carbocycles. The van der Waals surface area contributed by atoms with Gasteiger partial charge in [0.05, 0.1) is 20.2 Å². The monoisotopic (exact) mass is 734 g/mol. The van der Waals surface area contributed by atoms with E-state index in [1.165, 1.54) is 43.5 Å². The first kappa shape index (κ1) is 41.0. The van der Waals surface area contributed by atoms with Crippen LogP contribution in [0.25, 0.3) is 0 Å². The number of urea groups is 1. The van der Waals surface area contributed by atoms with Crippen molar-refractivity contribution in [3.63, 3.8) is 0 Å². The van der Waals surface area contributed by atoms with Crippen LogP contribution >= 0.6 is 0 Å². The average Bonchev–Trinajstić information content (AvgIpc) is 3.00. The highest BCUT2D eigenvalue weighted by molar-refractivity contribution is 5.89. The molecule has 0 aromatic heterocycles. The van der Waals surface area contributed by atoms with Crippen molar-refractivity contribution in [3.05, 3.63) is 54.1 Å². The molecule has 2 aromatic rings. The Hall–Kier alpha value is -4.17. The van der Waals surface area contributed by atoms with Crippen LogP contribution < -0.4 is 14.8 Å². The molecule has 49 heavy (non-hydrogen) atoms. The van der Waals surface area contributed by atoms with Gasteiger partial charge in [-0.1, -0.05) is 12.1 Å². The number of anilines is 1. The number of nitrogens with zero attached hydrogens (tertiary/aromatic N) is 1. The lowest BCUT2D eigenvalue weighted by Gasteiger charge is -2.40. The number of methoxy groups -OCH3 is 1. The number of hydrogen-bond donors (Lipinski definition) is 2. The normalized spacial score (nSPS) is 13.9. The largest absolute Gasteiger partial charge is 0.497 e. The lowest BCUT2D eigenvalue weighted by Crippen LogP contribution is -2.71. The maximum absolute atomic E-state index is 14.8. The van der Waals surface area contributed by atoms with E-state index in [0.29, 0.717) is 5.56 Å². The number of carboxylic acids is 1. The average molecular weight is 735 g/mol. The Balaban J connectivity index is 2.35. The van der Waals surface area contributed by atoms with Crippen LogP contribution in [0.4, 0.5) is 67.6 Å². The molecular weight excluding hydrogens is 707 g/mol. The van der Waals surface area contributed by atoms with Crippen molar-refractivity contribution >= 4 is 17.7 Å². The van der Waals surface area contributed by atoms with Crippen molar-refractivity contribution in [2.75, 3.05) is 38.7 Å². The Kier molecular flexibility index (Phi) is 12.7. The van der Waals surface area contributed by atoms with Gasteiger partial charge in [-0.05, 0) is 48.9 Å². The van der Waals surface area contributed by atoms with Gasteiger partial charge in [-0.25, -0.2) is 9.59 Å². The van der Waals surface area contributed by atoms with Gasteiger partial charge in [0.2, 0.25) is 0 Å². The molecule has 2 aromatic carbocycles. The van der Waals surface area contributed by atoms with Crippen LogP contribution in [0.3, 0.4) is 0 Å². The van der Waals surface area contributed by atoms with Gasteiger partial charge in [0.25, 0.3) is 0 Å². The lowest BCUT2D eigenvalue weighted by atomic mass is 9.93. The van der Waals surface area contributed by atoms with E-state index in [2.05, 4.69) is 0 Å². The van der Waals surface area contributed by atoms with Crippen molar-refractivity contribution in [1.82, 2.24) is 4.90 Å². The van der Waals surface area contributed by atoms with Gasteiger partial charge in [0.15, 0.2) is 6.10 Å². The Bertz CT molecular complexity index is 1410. The number of hydrogen-bond acceptors (Lipinski definition) is 5. The molecule has 276 valence electrons. The van der Waals surface area contributed by atoms with E-state index in [-0.39, 0.29) is 35.1 Å². The minimum atomic E-state index is -8.09. The van der Waals surface area contributed by atoms with E-state index < -0.39 is 73.6 Å². The predicted molar refractivity (Wildman–Crippen MR) is 143 cm³/mol. The number of aliphatic carboxylic acids is 1. The fourth-order valence-electron chi connectivity index (χ4n) is 3.90. The van der Waals surface area contributed by atoms with Gasteiger partial charge in [-0.2, -0.15) is 57.1 Å². The Morgan fingerprint density at radius 3 is 1.76 bits per heavy atom. The predicted octanol–water partition coefficient (Wildman–Crippen LogP) is 7.38. The van der Waals surface area contributed by atoms with E-state index in [4.69, 9.17) is 14.2 Å². The molecule has 0 heterocycles. The highest BCUT2D eigenvalue weighted by atomic mass is 19.4. The molecule has 0 bridgehead atoms. The number of nitrogens with one attached hydrogen (secondary N) is 1. The summed E-state index contributed by atoms with van der Waals surface area (Å²) in [6, 6.07) is 7.95. The maximum atomic E-state index is 14.8. The molecule has 0 radical (unpaired) electrons. The molecule has 0 aliphatic rings. The second-order valence-corrected chi connectivity index (χ2v) is 10.1. The van der Waals surface area contributed by atoms with Gasteiger partial charge in [0.1, 0.15) is 18.1 Å². The van der Waals surface area contributed by atoms with E-state index in [1.54, 1.807) is 6.92 Å². The van der Waals surface area contributed by atoms with Crippen molar-refractivity contribution in [3.8, 4) is 11.5 Å². The van der Waals surface area contributed by atoms with E-state index in [0.717, 1.165) is 12.1 Å². The van der Waals surface area contributed by atoms with Crippen LogP contribution in [0.5, 0.6) is 11.5 Å². The summed E-state index contributed by atoms with van der Waals surface area (Å²) in [6.45, 7) is -3.39. The second-order valence-electron chi connectivity index (χ2n) is 10.1. The Labute approximate surface area is 268 Å². The van der Waals surface area contributed by atoms with Gasteiger partial charge in [-0.3, -0.25) is 0 Å². The van der Waals surface area contributed by atoms with Crippen LogP contribution in [-0.4, -0.2) is 97.3 Å². The Morgan fingerprint density at radius 1 is 0.776 bits per heavy atom. The molecule has 0 fully saturated rings. The van der Waals surface area contributed by atoms with Crippen molar-refractivity contribution in [2.45, 2.75) is 55.2 Å².